The number of sulfonamides is 1. The zero-order valence-electron chi connectivity index (χ0n) is 20.5. The maximum atomic E-state index is 14.8. The van der Waals surface area contributed by atoms with Crippen LogP contribution in [0.2, 0.25) is 0 Å². The minimum Gasteiger partial charge on any atom is -0.351 e. The zero-order valence-corrected chi connectivity index (χ0v) is 22.1. The summed E-state index contributed by atoms with van der Waals surface area (Å²) < 4.78 is 42.5. The molecular weight excluding hydrogens is 509 g/mol. The smallest absolute Gasteiger partial charge is 0.229 e. The molecule has 0 saturated carbocycles. The van der Waals surface area contributed by atoms with Crippen LogP contribution < -0.4 is 14.9 Å². The summed E-state index contributed by atoms with van der Waals surface area (Å²) in [7, 11) is -3.40. The molecule has 0 bridgehead atoms. The third-order valence-electron chi connectivity index (χ3n) is 6.43. The van der Waals surface area contributed by atoms with E-state index in [0.29, 0.717) is 16.5 Å². The molecule has 2 aromatic carbocycles. The average molecular weight is 536 g/mol. The van der Waals surface area contributed by atoms with Crippen molar-refractivity contribution in [2.24, 2.45) is 0 Å². The molecule has 0 aliphatic carbocycles. The lowest BCUT2D eigenvalue weighted by atomic mass is 9.96. The highest BCUT2D eigenvalue weighted by Gasteiger charge is 2.42. The molecule has 10 heteroatoms. The molecule has 2 N–H and O–H groups in total. The minimum atomic E-state index is -3.40. The predicted molar refractivity (Wildman–Crippen MR) is 148 cm³/mol. The van der Waals surface area contributed by atoms with Gasteiger partial charge in [-0.3, -0.25) is 9.71 Å². The Kier molecular flexibility index (Phi) is 6.47. The van der Waals surface area contributed by atoms with Crippen LogP contribution in [0.5, 0.6) is 0 Å². The summed E-state index contributed by atoms with van der Waals surface area (Å²) in [5.74, 6) is -0.303. The molecule has 7 nitrogen and oxygen atoms in total. The van der Waals surface area contributed by atoms with Gasteiger partial charge in [0.05, 0.1) is 29.7 Å². The van der Waals surface area contributed by atoms with Gasteiger partial charge in [-0.05, 0) is 86.2 Å². The summed E-state index contributed by atoms with van der Waals surface area (Å²) in [5.41, 5.74) is 5.30. The maximum absolute atomic E-state index is 14.8. The maximum Gasteiger partial charge on any atom is 0.229 e. The van der Waals surface area contributed by atoms with E-state index in [-0.39, 0.29) is 17.9 Å². The van der Waals surface area contributed by atoms with Crippen molar-refractivity contribution in [1.82, 2.24) is 14.9 Å². The van der Waals surface area contributed by atoms with Gasteiger partial charge in [-0.25, -0.2) is 12.8 Å². The molecule has 3 heterocycles. The Hall–Kier alpha value is -3.76. The first-order valence-electron chi connectivity index (χ1n) is 11.7. The molecule has 2 aromatic heterocycles. The molecule has 4 aromatic rings. The number of aromatic nitrogens is 2. The van der Waals surface area contributed by atoms with Crippen molar-refractivity contribution in [1.29, 1.82) is 0 Å². The van der Waals surface area contributed by atoms with Crippen molar-refractivity contribution in [3.63, 3.8) is 0 Å². The molecule has 5 rings (SSSR count). The predicted octanol–water partition coefficient (Wildman–Crippen LogP) is 5.18. The fourth-order valence-corrected chi connectivity index (χ4v) is 5.85. The van der Waals surface area contributed by atoms with Crippen LogP contribution in [0.3, 0.4) is 0 Å². The normalized spacial score (nSPS) is 17.6. The number of pyridine rings is 1. The second-order valence-electron chi connectivity index (χ2n) is 9.03. The van der Waals surface area contributed by atoms with E-state index in [4.69, 9.17) is 12.2 Å². The molecule has 1 aliphatic heterocycles. The van der Waals surface area contributed by atoms with Gasteiger partial charge in [-0.15, -0.1) is 0 Å². The summed E-state index contributed by atoms with van der Waals surface area (Å²) in [5, 5.41) is 3.94. The highest BCUT2D eigenvalue weighted by Crippen LogP contribution is 2.44. The minimum absolute atomic E-state index is 0.267. The molecule has 190 valence electrons. The highest BCUT2D eigenvalue weighted by molar-refractivity contribution is 7.92. The van der Waals surface area contributed by atoms with E-state index in [1.54, 1.807) is 30.5 Å². The van der Waals surface area contributed by atoms with E-state index in [1.807, 2.05) is 59.7 Å². The van der Waals surface area contributed by atoms with Crippen molar-refractivity contribution in [2.45, 2.75) is 25.9 Å². The first kappa shape index (κ1) is 24.9. The summed E-state index contributed by atoms with van der Waals surface area (Å²) in [6.07, 6.45) is 2.85. The molecule has 0 radical (unpaired) electrons. The van der Waals surface area contributed by atoms with Crippen molar-refractivity contribution >= 4 is 38.7 Å². The van der Waals surface area contributed by atoms with Crippen molar-refractivity contribution < 1.29 is 12.8 Å². The average Bonchev–Trinajstić information content (AvgIpc) is 3.35. The number of halogens is 1. The lowest BCUT2D eigenvalue weighted by molar-refractivity contribution is 0.564. The molecule has 1 fully saturated rings. The number of thiocarbonyl (C=S) groups is 1. The lowest BCUT2D eigenvalue weighted by Gasteiger charge is -2.28. The van der Waals surface area contributed by atoms with Crippen molar-refractivity contribution in [3.05, 3.63) is 107 Å². The number of hydrogen-bond donors (Lipinski definition) is 2. The number of rotatable bonds is 6. The van der Waals surface area contributed by atoms with Crippen LogP contribution in [0, 0.1) is 19.7 Å². The van der Waals surface area contributed by atoms with Crippen LogP contribution in [0.15, 0.2) is 79.0 Å². The summed E-state index contributed by atoms with van der Waals surface area (Å²) in [6.45, 7) is 3.93. The Morgan fingerprint density at radius 2 is 1.73 bits per heavy atom. The van der Waals surface area contributed by atoms with Gasteiger partial charge in [-0.2, -0.15) is 0 Å². The van der Waals surface area contributed by atoms with Crippen molar-refractivity contribution in [2.75, 3.05) is 15.9 Å². The van der Waals surface area contributed by atoms with Gasteiger partial charge in [-0.1, -0.05) is 18.2 Å². The molecule has 0 unspecified atom stereocenters. The van der Waals surface area contributed by atoms with E-state index in [0.717, 1.165) is 34.6 Å². The van der Waals surface area contributed by atoms with Gasteiger partial charge in [0.1, 0.15) is 5.82 Å². The number of para-hydroxylation sites is 1. The zero-order chi connectivity index (χ0) is 26.3. The van der Waals surface area contributed by atoms with Gasteiger partial charge in [0.25, 0.3) is 0 Å². The van der Waals surface area contributed by atoms with Gasteiger partial charge in [0.15, 0.2) is 5.11 Å². The van der Waals surface area contributed by atoms with E-state index >= 15 is 0 Å². The van der Waals surface area contributed by atoms with Crippen LogP contribution >= 0.6 is 12.2 Å². The van der Waals surface area contributed by atoms with Crippen LogP contribution in [0.1, 0.15) is 34.7 Å². The number of anilines is 2. The second-order valence-corrected chi connectivity index (χ2v) is 11.2. The molecular formula is C27H26FN5O2S2. The van der Waals surface area contributed by atoms with Gasteiger partial charge in [0.2, 0.25) is 10.0 Å². The van der Waals surface area contributed by atoms with E-state index in [1.165, 1.54) is 6.07 Å². The number of benzene rings is 2. The van der Waals surface area contributed by atoms with Crippen LogP contribution in [-0.4, -0.2) is 29.3 Å². The highest BCUT2D eigenvalue weighted by atomic mass is 32.2. The third-order valence-corrected chi connectivity index (χ3v) is 7.35. The number of hydrogen-bond acceptors (Lipinski definition) is 4. The fraction of sp³-hybridized carbons (Fsp3) is 0.185. The van der Waals surface area contributed by atoms with Gasteiger partial charge < -0.3 is 14.8 Å². The Bertz CT molecular complexity index is 1570. The first-order valence-corrected chi connectivity index (χ1v) is 14.0. The van der Waals surface area contributed by atoms with E-state index < -0.39 is 10.0 Å². The largest absolute Gasteiger partial charge is 0.351 e. The number of aryl methyl sites for hydroxylation is 1. The Morgan fingerprint density at radius 1 is 1.03 bits per heavy atom. The molecule has 2 atom stereocenters. The molecule has 0 amide bonds. The standard InChI is InChI=1S/C27H26FN5O2S2/c1-17-16-21(18(2)32(17)24-10-5-4-8-22(24)28)26-25(23-9-6-7-15-29-23)30-27(36)33(26)20-13-11-19(12-14-20)31-37(3,34)35/h4-16,25-26,31H,1-3H3,(H,30,36)/t25-,26+/m1/s1. The summed E-state index contributed by atoms with van der Waals surface area (Å²) in [6, 6.07) is 21.0. The van der Waals surface area contributed by atoms with Crippen LogP contribution in [0.25, 0.3) is 5.69 Å². The third kappa shape index (κ3) is 4.82. The van der Waals surface area contributed by atoms with Crippen LogP contribution in [-0.2, 0) is 10.0 Å². The molecule has 1 aliphatic rings. The fourth-order valence-electron chi connectivity index (χ4n) is 4.94. The number of nitrogens with zero attached hydrogens (tertiary/aromatic N) is 3. The lowest BCUT2D eigenvalue weighted by Crippen LogP contribution is -2.29. The summed E-state index contributed by atoms with van der Waals surface area (Å²) in [4.78, 5) is 6.60. The Morgan fingerprint density at radius 3 is 2.38 bits per heavy atom. The summed E-state index contributed by atoms with van der Waals surface area (Å²) >= 11 is 5.80. The van der Waals surface area contributed by atoms with Crippen LogP contribution in [0.4, 0.5) is 15.8 Å². The molecule has 37 heavy (non-hydrogen) atoms. The first-order chi connectivity index (χ1) is 17.6. The van der Waals surface area contributed by atoms with Gasteiger partial charge in [0, 0.05) is 29.0 Å². The number of nitrogens with one attached hydrogen (secondary N) is 2. The van der Waals surface area contributed by atoms with E-state index in [9.17, 15) is 12.8 Å². The van der Waals surface area contributed by atoms with Crippen molar-refractivity contribution in [3.8, 4) is 5.69 Å². The Balaban J connectivity index is 1.64. The van der Waals surface area contributed by atoms with E-state index in [2.05, 4.69) is 21.1 Å². The Labute approximate surface area is 221 Å². The molecule has 1 saturated heterocycles. The quantitative estimate of drug-likeness (QED) is 0.332. The molecule has 0 spiro atoms. The second kappa shape index (κ2) is 9.60. The van der Waals surface area contributed by atoms with Gasteiger partial charge >= 0.3 is 0 Å². The SMILES string of the molecule is Cc1cc([C@H]2[C@@H](c3ccccn3)NC(=S)N2c2ccc(NS(C)(=O)=O)cc2)c(C)n1-c1ccccc1F. The monoisotopic (exact) mass is 535 g/mol. The topological polar surface area (TPSA) is 79.3 Å².